The number of rotatable bonds is 3. The molecule has 2 aliphatic heterocycles. The first-order chi connectivity index (χ1) is 11.2. The summed E-state index contributed by atoms with van der Waals surface area (Å²) in [6, 6.07) is 8.28. The summed E-state index contributed by atoms with van der Waals surface area (Å²) < 4.78 is 6.97. The molecule has 0 aliphatic carbocycles. The van der Waals surface area contributed by atoms with Crippen LogP contribution in [0.5, 0.6) is 5.75 Å². The molecule has 1 aromatic heterocycles. The number of likely N-dealkylation sites (tertiary alicyclic amines) is 1. The Balaban J connectivity index is 1.52. The first-order valence-electron chi connectivity index (χ1n) is 7.65. The average Bonchev–Trinajstić information content (AvgIpc) is 3.12. The predicted molar refractivity (Wildman–Crippen MR) is 85.2 cm³/mol. The molecule has 1 saturated heterocycles. The molecule has 3 N–H and O–H groups in total. The van der Waals surface area contributed by atoms with Crippen molar-refractivity contribution in [2.45, 2.75) is 18.6 Å². The van der Waals surface area contributed by atoms with Gasteiger partial charge in [-0.25, -0.2) is 0 Å². The molecule has 1 amide bonds. The van der Waals surface area contributed by atoms with E-state index in [0.717, 1.165) is 25.4 Å². The normalized spacial score (nSPS) is 23.3. The second kappa shape index (κ2) is 5.27. The summed E-state index contributed by atoms with van der Waals surface area (Å²) in [5.74, 6) is 0.723. The van der Waals surface area contributed by atoms with Crippen LogP contribution in [0.4, 0.5) is 5.69 Å². The zero-order valence-corrected chi connectivity index (χ0v) is 12.9. The monoisotopic (exact) mass is 313 g/mol. The van der Waals surface area contributed by atoms with Gasteiger partial charge in [-0.3, -0.25) is 14.4 Å². The number of nitrogens with one attached hydrogen (secondary N) is 1. The van der Waals surface area contributed by atoms with E-state index in [0.29, 0.717) is 11.4 Å². The molecule has 0 unspecified atom stereocenters. The largest absolute Gasteiger partial charge is 0.497 e. The van der Waals surface area contributed by atoms with E-state index in [2.05, 4.69) is 27.4 Å². The second-order valence-electron chi connectivity index (χ2n) is 6.08. The Kier molecular flexibility index (Phi) is 3.23. The van der Waals surface area contributed by atoms with E-state index in [1.807, 2.05) is 12.1 Å². The van der Waals surface area contributed by atoms with Crippen molar-refractivity contribution in [3.63, 3.8) is 0 Å². The molecule has 0 spiro atoms. The number of nitrogens with two attached hydrogens (primary N) is 1. The van der Waals surface area contributed by atoms with Gasteiger partial charge in [-0.1, -0.05) is 12.1 Å². The van der Waals surface area contributed by atoms with Gasteiger partial charge in [0.15, 0.2) is 0 Å². The quantitative estimate of drug-likeness (QED) is 0.869. The molecule has 120 valence electrons. The van der Waals surface area contributed by atoms with Gasteiger partial charge in [0, 0.05) is 19.6 Å². The maximum absolute atomic E-state index is 12.2. The Labute approximate surface area is 134 Å². The topological polar surface area (TPSA) is 85.4 Å². The number of hydrogen-bond acceptors (Lipinski definition) is 5. The van der Waals surface area contributed by atoms with Gasteiger partial charge < -0.3 is 15.8 Å². The van der Waals surface area contributed by atoms with Crippen LogP contribution in [0.25, 0.3) is 0 Å². The third kappa shape index (κ3) is 2.33. The zero-order chi connectivity index (χ0) is 16.0. The first-order valence-corrected chi connectivity index (χ1v) is 7.65. The highest BCUT2D eigenvalue weighted by Gasteiger charge is 2.41. The summed E-state index contributed by atoms with van der Waals surface area (Å²) in [6.45, 7) is 2.48. The second-order valence-corrected chi connectivity index (χ2v) is 6.08. The van der Waals surface area contributed by atoms with E-state index in [4.69, 9.17) is 10.5 Å². The van der Waals surface area contributed by atoms with Crippen molar-refractivity contribution in [1.29, 1.82) is 0 Å². The number of nitrogens with zero attached hydrogens (tertiary/aromatic N) is 3. The standard InChI is InChI=1S/C16H19N5O2/c1-23-11-4-2-10(3-5-11)7-20-8-13-14(9-20)21-15(16(22)19-13)12(17)6-18-21/h2-6,13-14H,7-9,17H2,1H3,(H,19,22)/t13-,14+/m0/s1. The molecule has 2 aromatic rings. The fraction of sp³-hybridized carbons (Fsp3) is 0.375. The Bertz CT molecular complexity index is 739. The van der Waals surface area contributed by atoms with Crippen LogP contribution < -0.4 is 15.8 Å². The van der Waals surface area contributed by atoms with Gasteiger partial charge in [0.05, 0.1) is 31.1 Å². The molecule has 23 heavy (non-hydrogen) atoms. The minimum absolute atomic E-state index is 0.0764. The number of carbonyl (C=O) groups is 1. The zero-order valence-electron chi connectivity index (χ0n) is 12.9. The highest BCUT2D eigenvalue weighted by atomic mass is 16.5. The summed E-state index contributed by atoms with van der Waals surface area (Å²) in [5, 5.41) is 7.36. The van der Waals surface area contributed by atoms with E-state index in [9.17, 15) is 4.79 Å². The third-order valence-corrected chi connectivity index (χ3v) is 4.60. The van der Waals surface area contributed by atoms with E-state index < -0.39 is 0 Å². The lowest BCUT2D eigenvalue weighted by Gasteiger charge is -2.27. The number of nitrogen functional groups attached to an aromatic ring is 1. The lowest BCUT2D eigenvalue weighted by molar-refractivity contribution is 0.0889. The molecule has 7 nitrogen and oxygen atoms in total. The molecular formula is C16H19N5O2. The maximum Gasteiger partial charge on any atom is 0.272 e. The van der Waals surface area contributed by atoms with E-state index in [-0.39, 0.29) is 18.0 Å². The van der Waals surface area contributed by atoms with Crippen LogP contribution in [0, 0.1) is 0 Å². The predicted octanol–water partition coefficient (Wildman–Crippen LogP) is 0.643. The maximum atomic E-state index is 12.2. The van der Waals surface area contributed by atoms with Gasteiger partial charge in [0.2, 0.25) is 0 Å². The van der Waals surface area contributed by atoms with Gasteiger partial charge >= 0.3 is 0 Å². The molecule has 1 fully saturated rings. The van der Waals surface area contributed by atoms with Crippen molar-refractivity contribution in [1.82, 2.24) is 20.0 Å². The number of amides is 1. The molecule has 2 aliphatic rings. The SMILES string of the molecule is COc1ccc(CN2C[C@@H]3NC(=O)c4c(N)cnn4[C@@H]3C2)cc1. The number of anilines is 1. The van der Waals surface area contributed by atoms with Gasteiger partial charge in [-0.05, 0) is 17.7 Å². The van der Waals surface area contributed by atoms with Crippen molar-refractivity contribution < 1.29 is 9.53 Å². The van der Waals surface area contributed by atoms with Crippen LogP contribution in [-0.2, 0) is 6.54 Å². The number of ether oxygens (including phenoxy) is 1. The van der Waals surface area contributed by atoms with Crippen molar-refractivity contribution >= 4 is 11.6 Å². The molecular weight excluding hydrogens is 294 g/mol. The van der Waals surface area contributed by atoms with Crippen LogP contribution in [0.1, 0.15) is 22.1 Å². The van der Waals surface area contributed by atoms with Crippen molar-refractivity contribution in [3.8, 4) is 5.75 Å². The minimum atomic E-state index is -0.132. The van der Waals surface area contributed by atoms with Crippen molar-refractivity contribution in [3.05, 3.63) is 41.7 Å². The fourth-order valence-electron chi connectivity index (χ4n) is 3.47. The first kappa shape index (κ1) is 14.1. The molecule has 1 aromatic carbocycles. The van der Waals surface area contributed by atoms with Gasteiger partial charge in [-0.15, -0.1) is 0 Å². The Hall–Kier alpha value is -2.54. The number of fused-ring (bicyclic) bond motifs is 3. The van der Waals surface area contributed by atoms with Crippen LogP contribution in [0.15, 0.2) is 30.5 Å². The van der Waals surface area contributed by atoms with Gasteiger partial charge in [-0.2, -0.15) is 5.10 Å². The van der Waals surface area contributed by atoms with Gasteiger partial charge in [0.25, 0.3) is 5.91 Å². The Morgan fingerprint density at radius 3 is 2.87 bits per heavy atom. The minimum Gasteiger partial charge on any atom is -0.497 e. The number of aromatic nitrogens is 2. The number of benzene rings is 1. The molecule has 4 rings (SSSR count). The van der Waals surface area contributed by atoms with E-state index in [1.165, 1.54) is 5.56 Å². The molecule has 7 heteroatoms. The van der Waals surface area contributed by atoms with E-state index in [1.54, 1.807) is 18.0 Å². The van der Waals surface area contributed by atoms with E-state index >= 15 is 0 Å². The number of hydrogen-bond donors (Lipinski definition) is 2. The highest BCUT2D eigenvalue weighted by Crippen LogP contribution is 2.30. The van der Waals surface area contributed by atoms with Crippen LogP contribution >= 0.6 is 0 Å². The van der Waals surface area contributed by atoms with Crippen LogP contribution in [0.2, 0.25) is 0 Å². The Morgan fingerprint density at radius 1 is 1.35 bits per heavy atom. The summed E-state index contributed by atoms with van der Waals surface area (Å²) in [5.41, 5.74) is 7.99. The average molecular weight is 313 g/mol. The summed E-state index contributed by atoms with van der Waals surface area (Å²) in [6.07, 6.45) is 1.56. The molecule has 0 saturated carbocycles. The van der Waals surface area contributed by atoms with Crippen LogP contribution in [0.3, 0.4) is 0 Å². The number of methoxy groups -OCH3 is 1. The lowest BCUT2D eigenvalue weighted by atomic mass is 10.1. The molecule has 3 heterocycles. The van der Waals surface area contributed by atoms with Crippen LogP contribution in [-0.4, -0.2) is 46.8 Å². The molecule has 0 radical (unpaired) electrons. The summed E-state index contributed by atoms with van der Waals surface area (Å²) in [4.78, 5) is 14.5. The molecule has 0 bridgehead atoms. The fourth-order valence-corrected chi connectivity index (χ4v) is 3.47. The van der Waals surface area contributed by atoms with Gasteiger partial charge in [0.1, 0.15) is 11.4 Å². The summed E-state index contributed by atoms with van der Waals surface area (Å²) in [7, 11) is 1.66. The summed E-state index contributed by atoms with van der Waals surface area (Å²) >= 11 is 0. The van der Waals surface area contributed by atoms with Crippen molar-refractivity contribution in [2.24, 2.45) is 0 Å². The number of carbonyl (C=O) groups excluding carboxylic acids is 1. The smallest absolute Gasteiger partial charge is 0.272 e. The molecule has 2 atom stereocenters. The third-order valence-electron chi connectivity index (χ3n) is 4.60. The highest BCUT2D eigenvalue weighted by molar-refractivity contribution is 5.98. The van der Waals surface area contributed by atoms with Crippen molar-refractivity contribution in [2.75, 3.05) is 25.9 Å². The lowest BCUT2D eigenvalue weighted by Crippen LogP contribution is -2.47. The Morgan fingerprint density at radius 2 is 2.13 bits per heavy atom.